The zero-order valence-electron chi connectivity index (χ0n) is 12.3. The lowest BCUT2D eigenvalue weighted by Crippen LogP contribution is -2.32. The van der Waals surface area contributed by atoms with E-state index in [2.05, 4.69) is 12.2 Å². The highest BCUT2D eigenvalue weighted by atomic mass is 16.3. The number of aromatic hydroxyl groups is 1. The first-order chi connectivity index (χ1) is 9.67. The van der Waals surface area contributed by atoms with E-state index < -0.39 is 0 Å². The van der Waals surface area contributed by atoms with E-state index in [4.69, 9.17) is 0 Å². The molecule has 0 atom stereocenters. The molecule has 0 aliphatic heterocycles. The number of rotatable bonds is 5. The van der Waals surface area contributed by atoms with Gasteiger partial charge in [0.05, 0.1) is 6.42 Å². The predicted molar refractivity (Wildman–Crippen MR) is 80.6 cm³/mol. The summed E-state index contributed by atoms with van der Waals surface area (Å²) in [6, 6.07) is 6.90. The van der Waals surface area contributed by atoms with Crippen LogP contribution in [0.4, 0.5) is 0 Å². The molecule has 1 fully saturated rings. The minimum atomic E-state index is 0.0493. The van der Waals surface area contributed by atoms with E-state index in [0.29, 0.717) is 12.3 Å². The van der Waals surface area contributed by atoms with Crippen LogP contribution in [0.5, 0.6) is 5.75 Å². The van der Waals surface area contributed by atoms with Gasteiger partial charge in [0.1, 0.15) is 5.75 Å². The van der Waals surface area contributed by atoms with E-state index in [0.717, 1.165) is 18.0 Å². The minimum absolute atomic E-state index is 0.0493. The molecule has 0 bridgehead atoms. The van der Waals surface area contributed by atoms with Crippen molar-refractivity contribution >= 4 is 5.91 Å². The van der Waals surface area contributed by atoms with Gasteiger partial charge in [-0.3, -0.25) is 4.79 Å². The summed E-state index contributed by atoms with van der Waals surface area (Å²) in [5.41, 5.74) is 0.859. The molecule has 1 aromatic rings. The summed E-state index contributed by atoms with van der Waals surface area (Å²) in [7, 11) is 0. The predicted octanol–water partition coefficient (Wildman–Crippen LogP) is 3.27. The first-order valence-corrected chi connectivity index (χ1v) is 7.72. The van der Waals surface area contributed by atoms with Crippen LogP contribution in [0.3, 0.4) is 0 Å². The summed E-state index contributed by atoms with van der Waals surface area (Å²) < 4.78 is 0. The molecule has 110 valence electrons. The molecule has 1 amide bonds. The van der Waals surface area contributed by atoms with Gasteiger partial charge in [0, 0.05) is 6.54 Å². The molecule has 1 saturated carbocycles. The summed E-state index contributed by atoms with van der Waals surface area (Å²) in [6.07, 6.45) is 6.73. The van der Waals surface area contributed by atoms with E-state index in [9.17, 15) is 9.90 Å². The molecule has 2 rings (SSSR count). The van der Waals surface area contributed by atoms with Gasteiger partial charge in [-0.2, -0.15) is 0 Å². The molecule has 0 heterocycles. The van der Waals surface area contributed by atoms with Crippen LogP contribution in [0.25, 0.3) is 0 Å². The number of hydrogen-bond acceptors (Lipinski definition) is 2. The SMILES string of the molecule is CCC1CCC(CNC(=O)Cc2cccc(O)c2)CC1. The molecule has 20 heavy (non-hydrogen) atoms. The maximum absolute atomic E-state index is 11.9. The number of amides is 1. The third kappa shape index (κ3) is 4.55. The van der Waals surface area contributed by atoms with Gasteiger partial charge in [-0.15, -0.1) is 0 Å². The highest BCUT2D eigenvalue weighted by Crippen LogP contribution is 2.30. The zero-order chi connectivity index (χ0) is 14.4. The topological polar surface area (TPSA) is 49.3 Å². The molecule has 1 aliphatic carbocycles. The van der Waals surface area contributed by atoms with Crippen LogP contribution in [-0.2, 0) is 11.2 Å². The first-order valence-electron chi connectivity index (χ1n) is 7.72. The quantitative estimate of drug-likeness (QED) is 0.866. The summed E-state index contributed by atoms with van der Waals surface area (Å²) in [6.45, 7) is 3.07. The molecule has 2 N–H and O–H groups in total. The minimum Gasteiger partial charge on any atom is -0.508 e. The van der Waals surface area contributed by atoms with Crippen molar-refractivity contribution in [1.82, 2.24) is 5.32 Å². The molecule has 0 radical (unpaired) electrons. The van der Waals surface area contributed by atoms with Crippen LogP contribution in [-0.4, -0.2) is 17.6 Å². The van der Waals surface area contributed by atoms with Crippen LogP contribution in [0.1, 0.15) is 44.6 Å². The summed E-state index contributed by atoms with van der Waals surface area (Å²) in [5, 5.41) is 12.4. The van der Waals surface area contributed by atoms with Gasteiger partial charge >= 0.3 is 0 Å². The Labute approximate surface area is 121 Å². The van der Waals surface area contributed by atoms with E-state index >= 15 is 0 Å². The smallest absolute Gasteiger partial charge is 0.224 e. The van der Waals surface area contributed by atoms with Gasteiger partial charge in [-0.1, -0.05) is 38.3 Å². The molecular formula is C17H25NO2. The van der Waals surface area contributed by atoms with Crippen LogP contribution >= 0.6 is 0 Å². The Morgan fingerprint density at radius 1 is 1.25 bits per heavy atom. The van der Waals surface area contributed by atoms with Crippen LogP contribution in [0.2, 0.25) is 0 Å². The molecule has 0 saturated heterocycles. The number of phenolic OH excluding ortho intramolecular Hbond substituents is 1. The zero-order valence-corrected chi connectivity index (χ0v) is 12.3. The standard InChI is InChI=1S/C17H25NO2/c1-2-13-6-8-14(9-7-13)12-18-17(20)11-15-4-3-5-16(19)10-15/h3-5,10,13-14,19H,2,6-9,11-12H2,1H3,(H,18,20). The van der Waals surface area contributed by atoms with Crippen molar-refractivity contribution in [3.8, 4) is 5.75 Å². The Bertz CT molecular complexity index is 436. The molecule has 3 heteroatoms. The van der Waals surface area contributed by atoms with Crippen LogP contribution < -0.4 is 5.32 Å². The fourth-order valence-corrected chi connectivity index (χ4v) is 3.02. The Hall–Kier alpha value is -1.51. The highest BCUT2D eigenvalue weighted by molar-refractivity contribution is 5.78. The Morgan fingerprint density at radius 2 is 1.95 bits per heavy atom. The second-order valence-electron chi connectivity index (χ2n) is 5.95. The number of hydrogen-bond donors (Lipinski definition) is 2. The summed E-state index contributed by atoms with van der Waals surface area (Å²) >= 11 is 0. The van der Waals surface area contributed by atoms with Gasteiger partial charge in [-0.25, -0.2) is 0 Å². The highest BCUT2D eigenvalue weighted by Gasteiger charge is 2.20. The maximum Gasteiger partial charge on any atom is 0.224 e. The van der Waals surface area contributed by atoms with Crippen molar-refractivity contribution in [3.63, 3.8) is 0 Å². The van der Waals surface area contributed by atoms with Crippen molar-refractivity contribution in [1.29, 1.82) is 0 Å². The van der Waals surface area contributed by atoms with Gasteiger partial charge < -0.3 is 10.4 Å². The summed E-state index contributed by atoms with van der Waals surface area (Å²) in [5.74, 6) is 1.81. The summed E-state index contributed by atoms with van der Waals surface area (Å²) in [4.78, 5) is 11.9. The van der Waals surface area contributed by atoms with Crippen LogP contribution in [0, 0.1) is 11.8 Å². The molecule has 1 aliphatic rings. The number of benzene rings is 1. The average Bonchev–Trinajstić information content (AvgIpc) is 2.46. The Balaban J connectivity index is 1.70. The third-order valence-corrected chi connectivity index (χ3v) is 4.41. The van der Waals surface area contributed by atoms with Gasteiger partial charge in [0.15, 0.2) is 0 Å². The second-order valence-corrected chi connectivity index (χ2v) is 5.95. The van der Waals surface area contributed by atoms with Crippen molar-refractivity contribution in [2.45, 2.75) is 45.4 Å². The lowest BCUT2D eigenvalue weighted by atomic mass is 9.81. The van der Waals surface area contributed by atoms with Crippen molar-refractivity contribution in [2.75, 3.05) is 6.54 Å². The molecule has 3 nitrogen and oxygen atoms in total. The Morgan fingerprint density at radius 3 is 2.60 bits per heavy atom. The first kappa shape index (κ1) is 14.9. The molecule has 1 aromatic carbocycles. The second kappa shape index (κ2) is 7.32. The van der Waals surface area contributed by atoms with Crippen LogP contribution in [0.15, 0.2) is 24.3 Å². The van der Waals surface area contributed by atoms with Crippen molar-refractivity contribution < 1.29 is 9.90 Å². The largest absolute Gasteiger partial charge is 0.508 e. The molecule has 0 spiro atoms. The van der Waals surface area contributed by atoms with E-state index in [1.165, 1.54) is 32.1 Å². The van der Waals surface area contributed by atoms with Gasteiger partial charge in [-0.05, 0) is 42.4 Å². The fourth-order valence-electron chi connectivity index (χ4n) is 3.02. The van der Waals surface area contributed by atoms with Gasteiger partial charge in [0.25, 0.3) is 0 Å². The maximum atomic E-state index is 11.9. The van der Waals surface area contributed by atoms with E-state index in [1.54, 1.807) is 18.2 Å². The third-order valence-electron chi connectivity index (χ3n) is 4.41. The van der Waals surface area contributed by atoms with Crippen molar-refractivity contribution in [3.05, 3.63) is 29.8 Å². The van der Waals surface area contributed by atoms with Crippen molar-refractivity contribution in [2.24, 2.45) is 11.8 Å². The molecule has 0 unspecified atom stereocenters. The monoisotopic (exact) mass is 275 g/mol. The van der Waals surface area contributed by atoms with E-state index in [1.807, 2.05) is 6.07 Å². The lowest BCUT2D eigenvalue weighted by Gasteiger charge is -2.27. The normalized spacial score (nSPS) is 22.4. The van der Waals surface area contributed by atoms with E-state index in [-0.39, 0.29) is 11.7 Å². The number of carbonyl (C=O) groups is 1. The average molecular weight is 275 g/mol. The number of phenols is 1. The van der Waals surface area contributed by atoms with Gasteiger partial charge in [0.2, 0.25) is 5.91 Å². The number of nitrogens with one attached hydrogen (secondary N) is 1. The number of carbonyl (C=O) groups excluding carboxylic acids is 1. The molecular weight excluding hydrogens is 250 g/mol. The fraction of sp³-hybridized carbons (Fsp3) is 0.588. The Kier molecular flexibility index (Phi) is 5.45. The lowest BCUT2D eigenvalue weighted by molar-refractivity contribution is -0.120. The molecule has 0 aromatic heterocycles.